The highest BCUT2D eigenvalue weighted by Crippen LogP contribution is 2.47. The molecule has 1 aliphatic carbocycles. The van der Waals surface area contributed by atoms with Crippen LogP contribution < -0.4 is 5.32 Å². The lowest BCUT2D eigenvalue weighted by Gasteiger charge is -2.49. The third kappa shape index (κ3) is 3.86. The molecule has 2 atom stereocenters. The quantitative estimate of drug-likeness (QED) is 0.822. The lowest BCUT2D eigenvalue weighted by Crippen LogP contribution is -2.51. The van der Waals surface area contributed by atoms with Gasteiger partial charge in [0, 0.05) is 43.2 Å². The fraction of sp³-hybridized carbons (Fsp3) is 0.560. The number of hydrogen-bond donors (Lipinski definition) is 1. The van der Waals surface area contributed by atoms with Gasteiger partial charge in [0.1, 0.15) is 0 Å². The van der Waals surface area contributed by atoms with Gasteiger partial charge in [-0.2, -0.15) is 0 Å². The molecule has 0 bridgehead atoms. The highest BCUT2D eigenvalue weighted by Gasteiger charge is 2.47. The van der Waals surface area contributed by atoms with Gasteiger partial charge in [-0.25, -0.2) is 0 Å². The summed E-state index contributed by atoms with van der Waals surface area (Å²) in [6.45, 7) is 3.47. The van der Waals surface area contributed by atoms with Crippen LogP contribution in [0.25, 0.3) is 0 Å². The van der Waals surface area contributed by atoms with Gasteiger partial charge in [-0.15, -0.1) is 0 Å². The van der Waals surface area contributed by atoms with Gasteiger partial charge in [0.05, 0.1) is 5.60 Å². The second-order valence-electron chi connectivity index (χ2n) is 9.06. The Hall–Kier alpha value is -1.75. The predicted molar refractivity (Wildman–Crippen MR) is 114 cm³/mol. The van der Waals surface area contributed by atoms with Crippen molar-refractivity contribution < 1.29 is 9.47 Å². The number of aryl methyl sites for hydroxylation is 1. The Morgan fingerprint density at radius 3 is 2.72 bits per heavy atom. The molecular formula is C25H32N2O2. The number of nitrogens with one attached hydrogen (secondary N) is 1. The molecular weight excluding hydrogens is 360 g/mol. The Balaban J connectivity index is 1.33. The Bertz CT molecular complexity index is 813. The van der Waals surface area contributed by atoms with Gasteiger partial charge in [-0.3, -0.25) is 4.98 Å². The van der Waals surface area contributed by atoms with Crippen molar-refractivity contribution in [1.82, 2.24) is 10.3 Å². The monoisotopic (exact) mass is 392 g/mol. The Morgan fingerprint density at radius 2 is 1.86 bits per heavy atom. The lowest BCUT2D eigenvalue weighted by molar-refractivity contribution is -0.154. The second kappa shape index (κ2) is 8.17. The first kappa shape index (κ1) is 19.2. The van der Waals surface area contributed by atoms with Crippen LogP contribution in [-0.4, -0.2) is 37.0 Å². The molecule has 2 unspecified atom stereocenters. The van der Waals surface area contributed by atoms with Crippen LogP contribution in [0.5, 0.6) is 0 Å². The molecule has 0 amide bonds. The minimum absolute atomic E-state index is 0.0338. The van der Waals surface area contributed by atoms with Crippen LogP contribution in [0, 0.1) is 0 Å². The van der Waals surface area contributed by atoms with E-state index >= 15 is 0 Å². The zero-order valence-corrected chi connectivity index (χ0v) is 17.2. The van der Waals surface area contributed by atoms with E-state index in [1.165, 1.54) is 29.7 Å². The van der Waals surface area contributed by atoms with Crippen molar-refractivity contribution in [3.8, 4) is 0 Å². The molecule has 5 rings (SSSR count). The highest BCUT2D eigenvalue weighted by molar-refractivity contribution is 5.34. The number of benzene rings is 1. The fourth-order valence-electron chi connectivity index (χ4n) is 5.77. The van der Waals surface area contributed by atoms with Crippen LogP contribution in [0.15, 0.2) is 48.7 Å². The molecule has 3 heterocycles. The van der Waals surface area contributed by atoms with Crippen molar-refractivity contribution in [3.05, 3.63) is 65.5 Å². The van der Waals surface area contributed by atoms with Crippen LogP contribution in [0.2, 0.25) is 0 Å². The molecule has 29 heavy (non-hydrogen) atoms. The van der Waals surface area contributed by atoms with Crippen molar-refractivity contribution in [2.24, 2.45) is 0 Å². The van der Waals surface area contributed by atoms with Gasteiger partial charge in [-0.1, -0.05) is 30.3 Å². The first-order valence-corrected chi connectivity index (χ1v) is 11.2. The molecule has 2 aromatic rings. The van der Waals surface area contributed by atoms with Gasteiger partial charge in [-0.05, 0) is 74.8 Å². The number of ether oxygens (including phenoxy) is 2. The standard InChI is InChI=1S/C25H32N2O2/c1-2-6-21-20(5-1)8-9-22(21)26-15-10-24(23-7-3-4-14-27-23)11-18-29-25(19-24)12-16-28-17-13-25/h1-7,14,22,26H,8-13,15-19H2. The van der Waals surface area contributed by atoms with Crippen molar-refractivity contribution >= 4 is 0 Å². The van der Waals surface area contributed by atoms with E-state index in [0.29, 0.717) is 6.04 Å². The average Bonchev–Trinajstić information content (AvgIpc) is 3.18. The normalized spacial score (nSPS) is 28.3. The van der Waals surface area contributed by atoms with E-state index in [9.17, 15) is 0 Å². The molecule has 154 valence electrons. The maximum atomic E-state index is 6.38. The minimum Gasteiger partial charge on any atom is -0.381 e. The molecule has 4 heteroatoms. The molecule has 4 nitrogen and oxygen atoms in total. The Kier molecular flexibility index (Phi) is 5.42. The highest BCUT2D eigenvalue weighted by atomic mass is 16.5. The third-order valence-electron chi connectivity index (χ3n) is 7.39. The molecule has 1 N–H and O–H groups in total. The second-order valence-corrected chi connectivity index (χ2v) is 9.06. The van der Waals surface area contributed by atoms with Gasteiger partial charge in [0.2, 0.25) is 0 Å². The summed E-state index contributed by atoms with van der Waals surface area (Å²) in [6, 6.07) is 15.8. The smallest absolute Gasteiger partial charge is 0.0735 e. The minimum atomic E-state index is -0.0338. The number of hydrogen-bond acceptors (Lipinski definition) is 4. The van der Waals surface area contributed by atoms with E-state index in [4.69, 9.17) is 14.5 Å². The zero-order chi connectivity index (χ0) is 19.6. The lowest BCUT2D eigenvalue weighted by atomic mass is 9.66. The SMILES string of the molecule is c1ccc(C2(CCNC3CCc4ccccc43)CCOC3(CCOCC3)C2)nc1. The third-order valence-corrected chi connectivity index (χ3v) is 7.39. The first-order valence-electron chi connectivity index (χ1n) is 11.2. The van der Waals surface area contributed by atoms with E-state index in [0.717, 1.165) is 58.5 Å². The van der Waals surface area contributed by atoms with Crippen LogP contribution in [0.1, 0.15) is 61.4 Å². The summed E-state index contributed by atoms with van der Waals surface area (Å²) in [5, 5.41) is 3.88. The number of nitrogens with zero attached hydrogens (tertiary/aromatic N) is 1. The number of rotatable bonds is 5. The molecule has 1 aromatic heterocycles. The van der Waals surface area contributed by atoms with Crippen molar-refractivity contribution in [1.29, 1.82) is 0 Å². The van der Waals surface area contributed by atoms with E-state index in [1.807, 2.05) is 12.3 Å². The van der Waals surface area contributed by atoms with Gasteiger partial charge in [0.15, 0.2) is 0 Å². The van der Waals surface area contributed by atoms with E-state index < -0.39 is 0 Å². The molecule has 3 aliphatic rings. The van der Waals surface area contributed by atoms with Gasteiger partial charge in [0.25, 0.3) is 0 Å². The molecule has 1 spiro atoms. The number of pyridine rings is 1. The Labute approximate surface area is 174 Å². The van der Waals surface area contributed by atoms with Crippen LogP contribution in [0.4, 0.5) is 0 Å². The van der Waals surface area contributed by atoms with Crippen LogP contribution in [-0.2, 0) is 21.3 Å². The summed E-state index contributed by atoms with van der Waals surface area (Å²) in [4.78, 5) is 4.82. The van der Waals surface area contributed by atoms with E-state index in [-0.39, 0.29) is 11.0 Å². The van der Waals surface area contributed by atoms with Crippen LogP contribution in [0.3, 0.4) is 0 Å². The molecule has 0 saturated carbocycles. The summed E-state index contributed by atoms with van der Waals surface area (Å²) in [5.41, 5.74) is 4.29. The summed E-state index contributed by atoms with van der Waals surface area (Å²) in [6.07, 6.45) is 9.57. The predicted octanol–water partition coefficient (Wildman–Crippen LogP) is 4.35. The van der Waals surface area contributed by atoms with Gasteiger partial charge >= 0.3 is 0 Å². The van der Waals surface area contributed by atoms with Crippen molar-refractivity contribution in [2.75, 3.05) is 26.4 Å². The molecule has 2 aliphatic heterocycles. The number of aromatic nitrogens is 1. The molecule has 1 aromatic carbocycles. The van der Waals surface area contributed by atoms with Crippen molar-refractivity contribution in [2.45, 2.75) is 62.0 Å². The molecule has 0 radical (unpaired) electrons. The summed E-state index contributed by atoms with van der Waals surface area (Å²) >= 11 is 0. The largest absolute Gasteiger partial charge is 0.381 e. The fourth-order valence-corrected chi connectivity index (χ4v) is 5.77. The average molecular weight is 393 g/mol. The molecule has 2 saturated heterocycles. The summed E-state index contributed by atoms with van der Waals surface area (Å²) < 4.78 is 12.0. The first-order chi connectivity index (χ1) is 14.3. The zero-order valence-electron chi connectivity index (χ0n) is 17.2. The van der Waals surface area contributed by atoms with Gasteiger partial charge < -0.3 is 14.8 Å². The van der Waals surface area contributed by atoms with Crippen LogP contribution >= 0.6 is 0 Å². The summed E-state index contributed by atoms with van der Waals surface area (Å²) in [7, 11) is 0. The van der Waals surface area contributed by atoms with Crippen molar-refractivity contribution in [3.63, 3.8) is 0 Å². The Morgan fingerprint density at radius 1 is 1.00 bits per heavy atom. The summed E-state index contributed by atoms with van der Waals surface area (Å²) in [5.74, 6) is 0. The maximum Gasteiger partial charge on any atom is 0.0735 e. The number of fused-ring (bicyclic) bond motifs is 1. The van der Waals surface area contributed by atoms with E-state index in [2.05, 4.69) is 41.7 Å². The maximum absolute atomic E-state index is 6.38. The molecule has 2 fully saturated rings. The topological polar surface area (TPSA) is 43.4 Å². The van der Waals surface area contributed by atoms with E-state index in [1.54, 1.807) is 0 Å².